The minimum absolute atomic E-state index is 0.160. The molecule has 0 aromatic heterocycles. The average molecular weight is 126 g/mol. The van der Waals surface area contributed by atoms with Crippen LogP contribution in [0.4, 0.5) is 0 Å². The lowest BCUT2D eigenvalue weighted by Gasteiger charge is -2.57. The van der Waals surface area contributed by atoms with Gasteiger partial charge >= 0.3 is 0 Å². The Balaban J connectivity index is 2.12. The van der Waals surface area contributed by atoms with Crippen LogP contribution >= 0.6 is 0 Å². The summed E-state index contributed by atoms with van der Waals surface area (Å²) in [6.45, 7) is 0. The van der Waals surface area contributed by atoms with Gasteiger partial charge in [-0.1, -0.05) is 0 Å². The molecule has 3 saturated carbocycles. The van der Waals surface area contributed by atoms with Crippen LogP contribution in [0.3, 0.4) is 0 Å². The van der Waals surface area contributed by atoms with E-state index >= 15 is 0 Å². The van der Waals surface area contributed by atoms with Crippen molar-refractivity contribution in [3.8, 4) is 0 Å². The molecular formula is C7H14N2. The Morgan fingerprint density at radius 2 is 1.33 bits per heavy atom. The van der Waals surface area contributed by atoms with E-state index in [9.17, 15) is 0 Å². The monoisotopic (exact) mass is 126 g/mol. The van der Waals surface area contributed by atoms with Crippen LogP contribution in [0, 0.1) is 0 Å². The van der Waals surface area contributed by atoms with Gasteiger partial charge in [-0.05, 0) is 32.1 Å². The first-order chi connectivity index (χ1) is 4.12. The Morgan fingerprint density at radius 1 is 0.889 bits per heavy atom. The van der Waals surface area contributed by atoms with E-state index in [2.05, 4.69) is 0 Å². The highest BCUT2D eigenvalue weighted by atomic mass is 14.9. The minimum atomic E-state index is 0.160. The Kier molecular flexibility index (Phi) is 0.837. The fourth-order valence-corrected chi connectivity index (χ4v) is 2.50. The summed E-state index contributed by atoms with van der Waals surface area (Å²) < 4.78 is 0. The van der Waals surface area contributed by atoms with E-state index < -0.39 is 0 Å². The maximum atomic E-state index is 5.95. The van der Waals surface area contributed by atoms with Crippen molar-refractivity contribution in [1.29, 1.82) is 0 Å². The molecule has 9 heavy (non-hydrogen) atoms. The summed E-state index contributed by atoms with van der Waals surface area (Å²) in [6, 6.07) is 0. The molecule has 0 heterocycles. The van der Waals surface area contributed by atoms with Gasteiger partial charge in [0.15, 0.2) is 0 Å². The van der Waals surface area contributed by atoms with E-state index in [-0.39, 0.29) is 11.1 Å². The van der Waals surface area contributed by atoms with Crippen molar-refractivity contribution in [3.05, 3.63) is 0 Å². The van der Waals surface area contributed by atoms with E-state index in [0.29, 0.717) is 0 Å². The van der Waals surface area contributed by atoms with E-state index in [1.54, 1.807) is 0 Å². The summed E-state index contributed by atoms with van der Waals surface area (Å²) in [7, 11) is 0. The van der Waals surface area contributed by atoms with E-state index in [4.69, 9.17) is 11.5 Å². The lowest BCUT2D eigenvalue weighted by atomic mass is 9.55. The van der Waals surface area contributed by atoms with Gasteiger partial charge in [-0.3, -0.25) is 0 Å². The Morgan fingerprint density at radius 3 is 1.56 bits per heavy atom. The van der Waals surface area contributed by atoms with Crippen LogP contribution in [0.25, 0.3) is 0 Å². The zero-order valence-electron chi connectivity index (χ0n) is 5.69. The predicted octanol–water partition coefficient (Wildman–Crippen LogP) is 0.359. The first-order valence-corrected chi connectivity index (χ1v) is 3.70. The van der Waals surface area contributed by atoms with Gasteiger partial charge in [0.25, 0.3) is 0 Å². The van der Waals surface area contributed by atoms with Gasteiger partial charge in [-0.15, -0.1) is 0 Å². The van der Waals surface area contributed by atoms with Crippen molar-refractivity contribution in [3.63, 3.8) is 0 Å². The maximum Gasteiger partial charge on any atom is 0.0189 e. The zero-order valence-corrected chi connectivity index (χ0v) is 5.69. The van der Waals surface area contributed by atoms with Crippen molar-refractivity contribution >= 4 is 0 Å². The minimum Gasteiger partial charge on any atom is -0.325 e. The highest BCUT2D eigenvalue weighted by Crippen LogP contribution is 2.48. The van der Waals surface area contributed by atoms with Crippen LogP contribution in [0.5, 0.6) is 0 Å². The Bertz CT molecular complexity index is 122. The molecule has 52 valence electrons. The van der Waals surface area contributed by atoms with Gasteiger partial charge in [-0.2, -0.15) is 0 Å². The molecule has 3 aliphatic rings. The quantitative estimate of drug-likeness (QED) is 0.492. The van der Waals surface area contributed by atoms with Crippen LogP contribution in [0.1, 0.15) is 32.1 Å². The number of rotatable bonds is 0. The zero-order chi connectivity index (χ0) is 6.54. The van der Waals surface area contributed by atoms with Gasteiger partial charge in [0.1, 0.15) is 0 Å². The van der Waals surface area contributed by atoms with Crippen molar-refractivity contribution in [2.75, 3.05) is 0 Å². The summed E-state index contributed by atoms with van der Waals surface area (Å²) >= 11 is 0. The summed E-state index contributed by atoms with van der Waals surface area (Å²) in [6.07, 6.45) is 5.78. The largest absolute Gasteiger partial charge is 0.325 e. The third-order valence-electron chi connectivity index (χ3n) is 2.76. The summed E-state index contributed by atoms with van der Waals surface area (Å²) in [4.78, 5) is 0. The smallest absolute Gasteiger partial charge is 0.0189 e. The standard InChI is InChI=1S/C7H14N2/c8-6-2-1-3-7(9,4-6)5-6/h1-5,8-9H2. The molecule has 0 spiro atoms. The first-order valence-electron chi connectivity index (χ1n) is 3.70. The molecule has 2 bridgehead atoms. The molecule has 0 aromatic carbocycles. The van der Waals surface area contributed by atoms with Gasteiger partial charge in [0, 0.05) is 11.1 Å². The molecule has 2 nitrogen and oxygen atoms in total. The molecular weight excluding hydrogens is 112 g/mol. The van der Waals surface area contributed by atoms with Crippen LogP contribution in [0.2, 0.25) is 0 Å². The van der Waals surface area contributed by atoms with Crippen LogP contribution in [-0.4, -0.2) is 11.1 Å². The topological polar surface area (TPSA) is 52.0 Å². The van der Waals surface area contributed by atoms with Crippen molar-refractivity contribution in [2.45, 2.75) is 43.2 Å². The predicted molar refractivity (Wildman–Crippen MR) is 36.9 cm³/mol. The van der Waals surface area contributed by atoms with Crippen molar-refractivity contribution in [2.24, 2.45) is 11.5 Å². The second-order valence-corrected chi connectivity index (χ2v) is 3.93. The number of fused-ring (bicyclic) bond motifs is 2. The second kappa shape index (κ2) is 1.32. The van der Waals surface area contributed by atoms with Crippen molar-refractivity contribution < 1.29 is 0 Å². The van der Waals surface area contributed by atoms with Gasteiger partial charge < -0.3 is 11.5 Å². The average Bonchev–Trinajstić information content (AvgIpc) is 1.59. The normalized spacial score (nSPS) is 56.7. The van der Waals surface area contributed by atoms with Gasteiger partial charge in [0.05, 0.1) is 0 Å². The third-order valence-corrected chi connectivity index (χ3v) is 2.76. The Labute approximate surface area is 55.6 Å². The van der Waals surface area contributed by atoms with E-state index in [1.165, 1.54) is 19.3 Å². The van der Waals surface area contributed by atoms with E-state index in [0.717, 1.165) is 12.8 Å². The van der Waals surface area contributed by atoms with Gasteiger partial charge in [0.2, 0.25) is 0 Å². The molecule has 0 aliphatic heterocycles. The van der Waals surface area contributed by atoms with Gasteiger partial charge in [-0.25, -0.2) is 0 Å². The number of nitrogens with two attached hydrogens (primary N) is 2. The lowest BCUT2D eigenvalue weighted by molar-refractivity contribution is 0.0466. The highest BCUT2D eigenvalue weighted by Gasteiger charge is 2.52. The maximum absolute atomic E-state index is 5.95. The summed E-state index contributed by atoms with van der Waals surface area (Å²) in [5.41, 5.74) is 12.2. The fraction of sp³-hybridized carbons (Fsp3) is 1.00. The lowest BCUT2D eigenvalue weighted by Crippen LogP contribution is -2.69. The molecule has 3 aliphatic carbocycles. The fourth-order valence-electron chi connectivity index (χ4n) is 2.50. The molecule has 3 rings (SSSR count). The molecule has 0 atom stereocenters. The van der Waals surface area contributed by atoms with Crippen LogP contribution in [0.15, 0.2) is 0 Å². The molecule has 0 radical (unpaired) electrons. The number of hydrogen-bond donors (Lipinski definition) is 2. The third kappa shape index (κ3) is 0.700. The molecule has 0 aromatic rings. The van der Waals surface area contributed by atoms with Crippen LogP contribution < -0.4 is 11.5 Å². The summed E-state index contributed by atoms with van der Waals surface area (Å²) in [5, 5.41) is 0. The Hall–Kier alpha value is -0.0800. The van der Waals surface area contributed by atoms with E-state index in [1.807, 2.05) is 0 Å². The van der Waals surface area contributed by atoms with Crippen LogP contribution in [-0.2, 0) is 0 Å². The highest BCUT2D eigenvalue weighted by molar-refractivity contribution is 5.14. The molecule has 3 fully saturated rings. The second-order valence-electron chi connectivity index (χ2n) is 3.93. The molecule has 0 unspecified atom stereocenters. The molecule has 0 amide bonds. The molecule has 0 saturated heterocycles. The summed E-state index contributed by atoms with van der Waals surface area (Å²) in [5.74, 6) is 0. The molecule has 4 N–H and O–H groups in total. The SMILES string of the molecule is NC12CCCC(N)(C1)C2. The van der Waals surface area contributed by atoms with Crippen molar-refractivity contribution in [1.82, 2.24) is 0 Å². The first kappa shape index (κ1) is 5.69. The number of hydrogen-bond acceptors (Lipinski definition) is 2. The molecule has 2 heteroatoms.